The van der Waals surface area contributed by atoms with Crippen molar-refractivity contribution in [3.8, 4) is 0 Å². The second kappa shape index (κ2) is 9.02. The van der Waals surface area contributed by atoms with Gasteiger partial charge < -0.3 is 14.9 Å². The predicted octanol–water partition coefficient (Wildman–Crippen LogP) is 4.38. The molecule has 1 atom stereocenters. The van der Waals surface area contributed by atoms with E-state index in [1.54, 1.807) is 25.1 Å². The molecule has 1 saturated carbocycles. The third-order valence-electron chi connectivity index (χ3n) is 6.27. The molecule has 6 heteroatoms. The standard InChI is InChI=1S/C25H28N2O4/c1-17-22-14-20(12-13-21(22)23(28)31-27-17)26-24(29)25(30,15-18-8-4-2-5-9-18)16-19-10-6-3-7-11-19/h2,4-5,8-9,12-14,19,30H,3,6-7,10-11,15-16H2,1H3,(H,26,29). The van der Waals surface area contributed by atoms with Crippen LogP contribution in [0.15, 0.2) is 57.8 Å². The minimum atomic E-state index is -1.51. The van der Waals surface area contributed by atoms with Crippen LogP contribution in [-0.2, 0) is 11.2 Å². The Morgan fingerprint density at radius 2 is 1.87 bits per heavy atom. The molecule has 0 bridgehead atoms. The Balaban J connectivity index is 1.61. The van der Waals surface area contributed by atoms with E-state index in [0.29, 0.717) is 34.5 Å². The molecule has 1 amide bonds. The highest BCUT2D eigenvalue weighted by Crippen LogP contribution is 2.33. The van der Waals surface area contributed by atoms with E-state index in [1.165, 1.54) is 6.42 Å². The first kappa shape index (κ1) is 21.2. The molecule has 31 heavy (non-hydrogen) atoms. The molecule has 6 nitrogen and oxygen atoms in total. The molecule has 162 valence electrons. The van der Waals surface area contributed by atoms with Crippen molar-refractivity contribution >= 4 is 22.4 Å². The van der Waals surface area contributed by atoms with Crippen LogP contribution in [0.2, 0.25) is 0 Å². The summed E-state index contributed by atoms with van der Waals surface area (Å²) < 4.78 is 4.76. The van der Waals surface area contributed by atoms with Crippen molar-refractivity contribution < 1.29 is 14.4 Å². The molecule has 0 radical (unpaired) electrons. The maximum atomic E-state index is 13.3. The lowest BCUT2D eigenvalue weighted by Gasteiger charge is -2.33. The third kappa shape index (κ3) is 4.85. The van der Waals surface area contributed by atoms with E-state index in [2.05, 4.69) is 10.5 Å². The van der Waals surface area contributed by atoms with Crippen molar-refractivity contribution in [2.75, 3.05) is 5.32 Å². The number of benzene rings is 2. The van der Waals surface area contributed by atoms with E-state index in [0.717, 1.165) is 31.2 Å². The molecule has 1 aliphatic carbocycles. The molecule has 1 heterocycles. The lowest BCUT2D eigenvalue weighted by molar-refractivity contribution is -0.136. The van der Waals surface area contributed by atoms with Crippen molar-refractivity contribution in [2.24, 2.45) is 5.92 Å². The largest absolute Gasteiger partial charge is 0.380 e. The van der Waals surface area contributed by atoms with Gasteiger partial charge in [0.25, 0.3) is 5.91 Å². The summed E-state index contributed by atoms with van der Waals surface area (Å²) in [6.07, 6.45) is 6.29. The number of hydrogen-bond acceptors (Lipinski definition) is 5. The average molecular weight is 421 g/mol. The Hall–Kier alpha value is -2.99. The number of aromatic nitrogens is 1. The number of rotatable bonds is 6. The SMILES string of the molecule is Cc1noc(=O)c2ccc(NC(=O)C(O)(Cc3ccccc3)CC3CCCCC3)cc12. The third-order valence-corrected chi connectivity index (χ3v) is 6.27. The van der Waals surface area contributed by atoms with Crippen LogP contribution in [-0.4, -0.2) is 21.8 Å². The number of anilines is 1. The van der Waals surface area contributed by atoms with Gasteiger partial charge in [0.2, 0.25) is 0 Å². The Labute approximate surface area is 181 Å². The monoisotopic (exact) mass is 420 g/mol. The lowest BCUT2D eigenvalue weighted by Crippen LogP contribution is -2.46. The van der Waals surface area contributed by atoms with Crippen LogP contribution in [0.3, 0.4) is 0 Å². The molecule has 0 saturated heterocycles. The average Bonchev–Trinajstić information content (AvgIpc) is 2.78. The molecule has 0 spiro atoms. The molecule has 3 aromatic rings. The summed E-state index contributed by atoms with van der Waals surface area (Å²) in [6.45, 7) is 1.74. The number of hydrogen-bond donors (Lipinski definition) is 2. The van der Waals surface area contributed by atoms with Crippen molar-refractivity contribution in [3.63, 3.8) is 0 Å². The fourth-order valence-electron chi connectivity index (χ4n) is 4.60. The van der Waals surface area contributed by atoms with Gasteiger partial charge >= 0.3 is 5.63 Å². The van der Waals surface area contributed by atoms with Gasteiger partial charge in [0, 0.05) is 17.5 Å². The van der Waals surface area contributed by atoms with Gasteiger partial charge in [-0.2, -0.15) is 0 Å². The van der Waals surface area contributed by atoms with Crippen LogP contribution in [0, 0.1) is 12.8 Å². The molecule has 1 aromatic heterocycles. The summed E-state index contributed by atoms with van der Waals surface area (Å²) >= 11 is 0. The molecule has 0 aliphatic heterocycles. The number of nitrogens with zero attached hydrogens (tertiary/aromatic N) is 1. The highest BCUT2D eigenvalue weighted by molar-refractivity contribution is 5.99. The van der Waals surface area contributed by atoms with Gasteiger partial charge in [-0.3, -0.25) is 4.79 Å². The van der Waals surface area contributed by atoms with E-state index in [4.69, 9.17) is 4.52 Å². The number of carbonyl (C=O) groups is 1. The first-order valence-corrected chi connectivity index (χ1v) is 10.9. The zero-order valence-electron chi connectivity index (χ0n) is 17.8. The Morgan fingerprint density at radius 1 is 1.13 bits per heavy atom. The van der Waals surface area contributed by atoms with E-state index in [1.807, 2.05) is 30.3 Å². The maximum Gasteiger partial charge on any atom is 0.366 e. The van der Waals surface area contributed by atoms with Crippen LogP contribution >= 0.6 is 0 Å². The number of fused-ring (bicyclic) bond motifs is 1. The highest BCUT2D eigenvalue weighted by atomic mass is 16.5. The molecule has 4 rings (SSSR count). The first-order chi connectivity index (χ1) is 14.9. The van der Waals surface area contributed by atoms with Crippen LogP contribution in [0.25, 0.3) is 10.8 Å². The summed E-state index contributed by atoms with van der Waals surface area (Å²) in [6, 6.07) is 14.6. The second-order valence-corrected chi connectivity index (χ2v) is 8.67. The minimum Gasteiger partial charge on any atom is -0.380 e. The van der Waals surface area contributed by atoms with E-state index in [9.17, 15) is 14.7 Å². The predicted molar refractivity (Wildman–Crippen MR) is 120 cm³/mol. The van der Waals surface area contributed by atoms with Crippen molar-refractivity contribution in [2.45, 2.75) is 57.5 Å². The van der Waals surface area contributed by atoms with Gasteiger partial charge in [-0.1, -0.05) is 67.6 Å². The molecule has 2 N–H and O–H groups in total. The quantitative estimate of drug-likeness (QED) is 0.617. The van der Waals surface area contributed by atoms with Crippen LogP contribution in [0.5, 0.6) is 0 Å². The fourth-order valence-corrected chi connectivity index (χ4v) is 4.60. The van der Waals surface area contributed by atoms with Crippen LogP contribution in [0.1, 0.15) is 49.8 Å². The topological polar surface area (TPSA) is 92.4 Å². The number of nitrogens with one attached hydrogen (secondary N) is 1. The molecule has 1 unspecified atom stereocenters. The van der Waals surface area contributed by atoms with Gasteiger partial charge in [-0.05, 0) is 43.0 Å². The van der Waals surface area contributed by atoms with Gasteiger partial charge in [-0.25, -0.2) is 4.79 Å². The summed E-state index contributed by atoms with van der Waals surface area (Å²) in [4.78, 5) is 25.2. The van der Waals surface area contributed by atoms with Gasteiger partial charge in [0.15, 0.2) is 0 Å². The van der Waals surface area contributed by atoms with Crippen LogP contribution in [0.4, 0.5) is 5.69 Å². The molecule has 1 aliphatic rings. The van der Waals surface area contributed by atoms with Gasteiger partial charge in [0.1, 0.15) is 5.60 Å². The summed E-state index contributed by atoms with van der Waals surface area (Å²) in [5, 5.41) is 19.2. The Kier molecular flexibility index (Phi) is 6.18. The molecule has 1 fully saturated rings. The Morgan fingerprint density at radius 3 is 2.61 bits per heavy atom. The zero-order valence-corrected chi connectivity index (χ0v) is 17.8. The number of aliphatic hydroxyl groups is 1. The van der Waals surface area contributed by atoms with Crippen LogP contribution < -0.4 is 10.9 Å². The highest BCUT2D eigenvalue weighted by Gasteiger charge is 2.38. The zero-order chi connectivity index (χ0) is 21.8. The number of aryl methyl sites for hydroxylation is 1. The molecular weight excluding hydrogens is 392 g/mol. The fraction of sp³-hybridized carbons (Fsp3) is 0.400. The second-order valence-electron chi connectivity index (χ2n) is 8.67. The van der Waals surface area contributed by atoms with E-state index in [-0.39, 0.29) is 6.42 Å². The summed E-state index contributed by atoms with van der Waals surface area (Å²) in [7, 11) is 0. The lowest BCUT2D eigenvalue weighted by atomic mass is 9.78. The van der Waals surface area contributed by atoms with Crippen molar-refractivity contribution in [3.05, 3.63) is 70.2 Å². The van der Waals surface area contributed by atoms with Gasteiger partial charge in [-0.15, -0.1) is 0 Å². The smallest absolute Gasteiger partial charge is 0.366 e. The van der Waals surface area contributed by atoms with Gasteiger partial charge in [0.05, 0.1) is 11.1 Å². The number of amides is 1. The van der Waals surface area contributed by atoms with E-state index < -0.39 is 17.1 Å². The van der Waals surface area contributed by atoms with Crippen molar-refractivity contribution in [1.82, 2.24) is 5.16 Å². The molecular formula is C25H28N2O4. The minimum absolute atomic E-state index is 0.258. The number of carbonyl (C=O) groups excluding carboxylic acids is 1. The maximum absolute atomic E-state index is 13.3. The summed E-state index contributed by atoms with van der Waals surface area (Å²) in [5.74, 6) is -0.0873. The normalized spacial score (nSPS) is 16.7. The van der Waals surface area contributed by atoms with Crippen molar-refractivity contribution in [1.29, 1.82) is 0 Å². The Bertz CT molecular complexity index is 1120. The first-order valence-electron chi connectivity index (χ1n) is 10.9. The summed E-state index contributed by atoms with van der Waals surface area (Å²) in [5.41, 5.74) is -0.0273. The molecule has 2 aromatic carbocycles. The van der Waals surface area contributed by atoms with E-state index >= 15 is 0 Å².